The Bertz CT molecular complexity index is 622. The Morgan fingerprint density at radius 1 is 1.18 bits per heavy atom. The standard InChI is InChI=1S/C18H23N3O/c1-4-7-18(22)20-17-11-10-16(13-19-17)21(5-2)15-9-6-8-14(3)12-15/h6,8-13H,4-5,7H2,1-3H3,(H,19,20,22). The maximum absolute atomic E-state index is 11.6. The Morgan fingerprint density at radius 2 is 2.00 bits per heavy atom. The van der Waals surface area contributed by atoms with Gasteiger partial charge in [-0.15, -0.1) is 0 Å². The second-order valence-electron chi connectivity index (χ2n) is 5.28. The smallest absolute Gasteiger partial charge is 0.225 e. The summed E-state index contributed by atoms with van der Waals surface area (Å²) in [6.07, 6.45) is 3.15. The third-order valence-electron chi connectivity index (χ3n) is 3.43. The molecule has 116 valence electrons. The quantitative estimate of drug-likeness (QED) is 0.865. The number of benzene rings is 1. The van der Waals surface area contributed by atoms with Gasteiger partial charge in [-0.25, -0.2) is 4.98 Å². The molecule has 4 heteroatoms. The van der Waals surface area contributed by atoms with Crippen molar-refractivity contribution in [1.82, 2.24) is 4.98 Å². The number of aromatic nitrogens is 1. The zero-order chi connectivity index (χ0) is 15.9. The molecule has 1 N–H and O–H groups in total. The van der Waals surface area contributed by atoms with Crippen molar-refractivity contribution in [3.05, 3.63) is 48.2 Å². The van der Waals surface area contributed by atoms with Gasteiger partial charge in [-0.05, 0) is 50.1 Å². The van der Waals surface area contributed by atoms with Crippen LogP contribution >= 0.6 is 0 Å². The van der Waals surface area contributed by atoms with Gasteiger partial charge in [0, 0.05) is 18.7 Å². The molecule has 1 aromatic carbocycles. The summed E-state index contributed by atoms with van der Waals surface area (Å²) in [5.41, 5.74) is 3.39. The number of rotatable bonds is 6. The van der Waals surface area contributed by atoms with Crippen LogP contribution in [-0.4, -0.2) is 17.4 Å². The van der Waals surface area contributed by atoms with Gasteiger partial charge in [-0.3, -0.25) is 4.79 Å². The van der Waals surface area contributed by atoms with Crippen molar-refractivity contribution < 1.29 is 4.79 Å². The molecule has 0 atom stereocenters. The van der Waals surface area contributed by atoms with Gasteiger partial charge >= 0.3 is 0 Å². The maximum atomic E-state index is 11.6. The second-order valence-corrected chi connectivity index (χ2v) is 5.28. The molecule has 1 aromatic heterocycles. The Morgan fingerprint density at radius 3 is 2.59 bits per heavy atom. The third-order valence-corrected chi connectivity index (χ3v) is 3.43. The molecule has 0 saturated heterocycles. The lowest BCUT2D eigenvalue weighted by molar-refractivity contribution is -0.116. The van der Waals surface area contributed by atoms with Gasteiger partial charge in [-0.1, -0.05) is 19.1 Å². The number of amides is 1. The predicted octanol–water partition coefficient (Wildman–Crippen LogP) is 4.29. The van der Waals surface area contributed by atoms with Crippen molar-refractivity contribution in [3.63, 3.8) is 0 Å². The minimum Gasteiger partial charge on any atom is -0.341 e. The molecule has 0 bridgehead atoms. The summed E-state index contributed by atoms with van der Waals surface area (Å²) >= 11 is 0. The van der Waals surface area contributed by atoms with Crippen molar-refractivity contribution >= 4 is 23.1 Å². The first-order valence-electron chi connectivity index (χ1n) is 7.74. The number of hydrogen-bond donors (Lipinski definition) is 1. The fraction of sp³-hybridized carbons (Fsp3) is 0.333. The number of aryl methyl sites for hydroxylation is 1. The Hall–Kier alpha value is -2.36. The van der Waals surface area contributed by atoms with Gasteiger partial charge in [0.15, 0.2) is 0 Å². The average Bonchev–Trinajstić information content (AvgIpc) is 2.50. The van der Waals surface area contributed by atoms with Gasteiger partial charge in [-0.2, -0.15) is 0 Å². The Balaban J connectivity index is 2.15. The first-order chi connectivity index (χ1) is 10.6. The molecule has 0 spiro atoms. The van der Waals surface area contributed by atoms with Crippen LogP contribution < -0.4 is 10.2 Å². The van der Waals surface area contributed by atoms with E-state index < -0.39 is 0 Å². The Labute approximate surface area is 132 Å². The van der Waals surface area contributed by atoms with Gasteiger partial charge < -0.3 is 10.2 Å². The highest BCUT2D eigenvalue weighted by Crippen LogP contribution is 2.25. The lowest BCUT2D eigenvalue weighted by Gasteiger charge is -2.23. The zero-order valence-electron chi connectivity index (χ0n) is 13.5. The summed E-state index contributed by atoms with van der Waals surface area (Å²) in [5, 5.41) is 2.81. The van der Waals surface area contributed by atoms with E-state index in [0.29, 0.717) is 12.2 Å². The molecule has 0 saturated carbocycles. The molecule has 0 aliphatic rings. The van der Waals surface area contributed by atoms with Crippen molar-refractivity contribution in [1.29, 1.82) is 0 Å². The molecule has 0 fully saturated rings. The Kier molecular flexibility index (Phi) is 5.53. The summed E-state index contributed by atoms with van der Waals surface area (Å²) in [6, 6.07) is 12.2. The largest absolute Gasteiger partial charge is 0.341 e. The zero-order valence-corrected chi connectivity index (χ0v) is 13.5. The fourth-order valence-electron chi connectivity index (χ4n) is 2.36. The lowest BCUT2D eigenvalue weighted by atomic mass is 10.2. The maximum Gasteiger partial charge on any atom is 0.225 e. The third kappa shape index (κ3) is 4.07. The minimum absolute atomic E-state index is 0.00813. The topological polar surface area (TPSA) is 45.2 Å². The van der Waals surface area contributed by atoms with Crippen LogP contribution in [0.1, 0.15) is 32.3 Å². The SMILES string of the molecule is CCCC(=O)Nc1ccc(N(CC)c2cccc(C)c2)cn1. The molecule has 4 nitrogen and oxygen atoms in total. The van der Waals surface area contributed by atoms with Crippen molar-refractivity contribution in [2.45, 2.75) is 33.6 Å². The van der Waals surface area contributed by atoms with E-state index in [2.05, 4.69) is 53.3 Å². The number of pyridine rings is 1. The summed E-state index contributed by atoms with van der Waals surface area (Å²) in [4.78, 5) is 18.1. The molecule has 0 radical (unpaired) electrons. The van der Waals surface area contributed by atoms with E-state index in [1.165, 1.54) is 5.56 Å². The number of nitrogens with zero attached hydrogens (tertiary/aromatic N) is 2. The molecule has 2 aromatic rings. The van der Waals surface area contributed by atoms with Crippen LogP contribution in [0, 0.1) is 6.92 Å². The molecule has 1 amide bonds. The van der Waals surface area contributed by atoms with E-state index in [0.717, 1.165) is 24.3 Å². The minimum atomic E-state index is 0.00813. The highest BCUT2D eigenvalue weighted by atomic mass is 16.1. The number of nitrogens with one attached hydrogen (secondary N) is 1. The number of carbonyl (C=O) groups is 1. The predicted molar refractivity (Wildman–Crippen MR) is 91.6 cm³/mol. The highest BCUT2D eigenvalue weighted by molar-refractivity contribution is 5.89. The van der Waals surface area contributed by atoms with E-state index >= 15 is 0 Å². The van der Waals surface area contributed by atoms with E-state index in [-0.39, 0.29) is 5.91 Å². The van der Waals surface area contributed by atoms with Crippen molar-refractivity contribution in [3.8, 4) is 0 Å². The number of anilines is 3. The molecule has 0 aliphatic carbocycles. The van der Waals surface area contributed by atoms with Gasteiger partial charge in [0.1, 0.15) is 5.82 Å². The number of carbonyl (C=O) groups excluding carboxylic acids is 1. The van der Waals surface area contributed by atoms with Crippen LogP contribution in [0.15, 0.2) is 42.6 Å². The molecular formula is C18H23N3O. The first kappa shape index (κ1) is 16.0. The van der Waals surface area contributed by atoms with Gasteiger partial charge in [0.2, 0.25) is 5.91 Å². The molecule has 0 aliphatic heterocycles. The lowest BCUT2D eigenvalue weighted by Crippen LogP contribution is -2.17. The van der Waals surface area contributed by atoms with E-state index in [9.17, 15) is 4.79 Å². The van der Waals surface area contributed by atoms with Crippen LogP contribution in [0.5, 0.6) is 0 Å². The van der Waals surface area contributed by atoms with Crippen LogP contribution in [0.25, 0.3) is 0 Å². The van der Waals surface area contributed by atoms with Crippen molar-refractivity contribution in [2.75, 3.05) is 16.8 Å². The summed E-state index contributed by atoms with van der Waals surface area (Å²) in [6.45, 7) is 7.03. The van der Waals surface area contributed by atoms with Crippen LogP contribution in [-0.2, 0) is 4.79 Å². The van der Waals surface area contributed by atoms with Crippen LogP contribution in [0.3, 0.4) is 0 Å². The van der Waals surface area contributed by atoms with Gasteiger partial charge in [0.05, 0.1) is 11.9 Å². The molecule has 22 heavy (non-hydrogen) atoms. The average molecular weight is 297 g/mol. The van der Waals surface area contributed by atoms with Gasteiger partial charge in [0.25, 0.3) is 0 Å². The number of hydrogen-bond acceptors (Lipinski definition) is 3. The molecule has 1 heterocycles. The van der Waals surface area contributed by atoms with E-state index in [4.69, 9.17) is 0 Å². The van der Waals surface area contributed by atoms with Crippen LogP contribution in [0.4, 0.5) is 17.2 Å². The monoisotopic (exact) mass is 297 g/mol. The van der Waals surface area contributed by atoms with Crippen molar-refractivity contribution in [2.24, 2.45) is 0 Å². The fourth-order valence-corrected chi connectivity index (χ4v) is 2.36. The van der Waals surface area contributed by atoms with E-state index in [1.807, 2.05) is 19.1 Å². The van der Waals surface area contributed by atoms with E-state index in [1.54, 1.807) is 6.20 Å². The first-order valence-corrected chi connectivity index (χ1v) is 7.74. The summed E-state index contributed by atoms with van der Waals surface area (Å²) in [5.74, 6) is 0.608. The molecule has 2 rings (SSSR count). The van der Waals surface area contributed by atoms with Crippen LogP contribution in [0.2, 0.25) is 0 Å². The summed E-state index contributed by atoms with van der Waals surface area (Å²) in [7, 11) is 0. The normalized spacial score (nSPS) is 10.3. The molecule has 0 unspecified atom stereocenters. The second kappa shape index (κ2) is 7.59. The summed E-state index contributed by atoms with van der Waals surface area (Å²) < 4.78 is 0. The highest BCUT2D eigenvalue weighted by Gasteiger charge is 2.08. The molecular weight excluding hydrogens is 274 g/mol.